The standard InChI is InChI=1S/C19H21N5OS/c1-3-25-17-10-8-16(9-11-17)21-19(26)22-18-20-13-24(23-18)12-15-6-4-14(2)5-7-15/h4-11,13H,3,12H2,1-2H3,(H2,21,22,23,26). The fourth-order valence-electron chi connectivity index (χ4n) is 2.37. The van der Waals surface area contributed by atoms with Crippen molar-refractivity contribution in [3.63, 3.8) is 0 Å². The number of nitrogens with one attached hydrogen (secondary N) is 2. The first-order valence-corrected chi connectivity index (χ1v) is 8.79. The van der Waals surface area contributed by atoms with Crippen LogP contribution in [0.25, 0.3) is 0 Å². The molecule has 0 saturated heterocycles. The van der Waals surface area contributed by atoms with Crippen molar-refractivity contribution in [2.45, 2.75) is 20.4 Å². The number of rotatable bonds is 6. The van der Waals surface area contributed by atoms with Gasteiger partial charge in [-0.25, -0.2) is 9.67 Å². The van der Waals surface area contributed by atoms with Crippen molar-refractivity contribution in [1.29, 1.82) is 0 Å². The molecule has 26 heavy (non-hydrogen) atoms. The zero-order valence-electron chi connectivity index (χ0n) is 14.8. The van der Waals surface area contributed by atoms with Crippen LogP contribution in [-0.4, -0.2) is 26.5 Å². The monoisotopic (exact) mass is 367 g/mol. The van der Waals surface area contributed by atoms with E-state index in [1.54, 1.807) is 11.0 Å². The molecule has 0 bridgehead atoms. The van der Waals surface area contributed by atoms with Gasteiger partial charge < -0.3 is 10.1 Å². The average Bonchev–Trinajstić information content (AvgIpc) is 3.05. The number of benzene rings is 2. The number of thiocarbonyl (C=S) groups is 1. The molecule has 7 heteroatoms. The summed E-state index contributed by atoms with van der Waals surface area (Å²) in [6, 6.07) is 15.9. The van der Waals surface area contributed by atoms with E-state index in [-0.39, 0.29) is 0 Å². The van der Waals surface area contributed by atoms with Crippen LogP contribution >= 0.6 is 12.2 Å². The van der Waals surface area contributed by atoms with Gasteiger partial charge in [-0.3, -0.25) is 5.32 Å². The van der Waals surface area contributed by atoms with Gasteiger partial charge in [-0.05, 0) is 55.9 Å². The molecule has 3 rings (SSSR count). The number of ether oxygens (including phenoxy) is 1. The first-order chi connectivity index (χ1) is 12.6. The fourth-order valence-corrected chi connectivity index (χ4v) is 2.58. The highest BCUT2D eigenvalue weighted by Gasteiger charge is 2.05. The van der Waals surface area contributed by atoms with E-state index in [2.05, 4.69) is 51.9 Å². The molecule has 0 saturated carbocycles. The van der Waals surface area contributed by atoms with Gasteiger partial charge in [-0.15, -0.1) is 5.10 Å². The summed E-state index contributed by atoms with van der Waals surface area (Å²) in [5.74, 6) is 1.29. The molecule has 134 valence electrons. The van der Waals surface area contributed by atoms with Gasteiger partial charge >= 0.3 is 0 Å². The summed E-state index contributed by atoms with van der Waals surface area (Å²) in [6.07, 6.45) is 1.68. The van der Waals surface area contributed by atoms with E-state index in [0.29, 0.717) is 24.2 Å². The molecule has 1 heterocycles. The molecule has 3 aromatic rings. The molecule has 0 radical (unpaired) electrons. The van der Waals surface area contributed by atoms with Gasteiger partial charge in [-0.2, -0.15) is 0 Å². The lowest BCUT2D eigenvalue weighted by atomic mass is 10.1. The van der Waals surface area contributed by atoms with Crippen LogP contribution in [0, 0.1) is 6.92 Å². The molecule has 0 aliphatic rings. The molecule has 0 aliphatic carbocycles. The van der Waals surface area contributed by atoms with Crippen LogP contribution in [0.3, 0.4) is 0 Å². The van der Waals surface area contributed by atoms with Gasteiger partial charge in [0.15, 0.2) is 5.11 Å². The summed E-state index contributed by atoms with van der Waals surface area (Å²) in [5.41, 5.74) is 3.27. The second-order valence-corrected chi connectivity index (χ2v) is 6.20. The molecular formula is C19H21N5OS. The second-order valence-electron chi connectivity index (χ2n) is 5.79. The maximum atomic E-state index is 5.42. The minimum Gasteiger partial charge on any atom is -0.494 e. The Hall–Kier alpha value is -2.93. The van der Waals surface area contributed by atoms with Crippen molar-refractivity contribution >= 4 is 29.0 Å². The zero-order valence-corrected chi connectivity index (χ0v) is 15.6. The van der Waals surface area contributed by atoms with Crippen LogP contribution < -0.4 is 15.4 Å². The molecule has 2 aromatic carbocycles. The zero-order chi connectivity index (χ0) is 18.4. The minimum absolute atomic E-state index is 0.433. The van der Waals surface area contributed by atoms with E-state index in [1.807, 2.05) is 31.2 Å². The third-order valence-corrected chi connectivity index (χ3v) is 3.85. The molecular weight excluding hydrogens is 346 g/mol. The predicted octanol–water partition coefficient (Wildman–Crippen LogP) is 3.84. The summed E-state index contributed by atoms with van der Waals surface area (Å²) < 4.78 is 7.19. The number of hydrogen-bond acceptors (Lipinski definition) is 4. The predicted molar refractivity (Wildman–Crippen MR) is 108 cm³/mol. The summed E-state index contributed by atoms with van der Waals surface area (Å²) in [5, 5.41) is 10.9. The van der Waals surface area contributed by atoms with Crippen molar-refractivity contribution in [2.24, 2.45) is 0 Å². The lowest BCUT2D eigenvalue weighted by molar-refractivity contribution is 0.340. The molecule has 0 fully saturated rings. The van der Waals surface area contributed by atoms with Gasteiger partial charge in [0, 0.05) is 5.69 Å². The van der Waals surface area contributed by atoms with Crippen LogP contribution in [0.1, 0.15) is 18.1 Å². The Morgan fingerprint density at radius 1 is 1.08 bits per heavy atom. The molecule has 0 amide bonds. The van der Waals surface area contributed by atoms with E-state index >= 15 is 0 Å². The average molecular weight is 367 g/mol. The van der Waals surface area contributed by atoms with Crippen LogP contribution in [0.4, 0.5) is 11.6 Å². The van der Waals surface area contributed by atoms with Crippen LogP contribution in [0.2, 0.25) is 0 Å². The van der Waals surface area contributed by atoms with Gasteiger partial charge in [0.1, 0.15) is 12.1 Å². The molecule has 1 aromatic heterocycles. The van der Waals surface area contributed by atoms with Crippen molar-refractivity contribution in [3.05, 3.63) is 66.0 Å². The topological polar surface area (TPSA) is 64.0 Å². The van der Waals surface area contributed by atoms with E-state index in [9.17, 15) is 0 Å². The maximum absolute atomic E-state index is 5.42. The van der Waals surface area contributed by atoms with Gasteiger partial charge in [-0.1, -0.05) is 29.8 Å². The molecule has 2 N–H and O–H groups in total. The van der Waals surface area contributed by atoms with Crippen molar-refractivity contribution in [3.8, 4) is 5.75 Å². The molecule has 0 spiro atoms. The maximum Gasteiger partial charge on any atom is 0.248 e. The summed E-state index contributed by atoms with van der Waals surface area (Å²) in [4.78, 5) is 4.24. The Labute approximate surface area is 158 Å². The highest BCUT2D eigenvalue weighted by atomic mass is 32.1. The van der Waals surface area contributed by atoms with Crippen LogP contribution in [-0.2, 0) is 6.54 Å². The Morgan fingerprint density at radius 2 is 1.81 bits per heavy atom. The number of aromatic nitrogens is 3. The Morgan fingerprint density at radius 3 is 2.50 bits per heavy atom. The highest BCUT2D eigenvalue weighted by molar-refractivity contribution is 7.80. The number of anilines is 2. The van der Waals surface area contributed by atoms with Crippen molar-refractivity contribution in [1.82, 2.24) is 14.8 Å². The quantitative estimate of drug-likeness (QED) is 0.646. The van der Waals surface area contributed by atoms with E-state index in [0.717, 1.165) is 11.4 Å². The SMILES string of the molecule is CCOc1ccc(NC(=S)Nc2ncn(Cc3ccc(C)cc3)n2)cc1. The van der Waals surface area contributed by atoms with Gasteiger partial charge in [0.2, 0.25) is 5.95 Å². The Kier molecular flexibility index (Phi) is 5.80. The number of nitrogens with zero attached hydrogens (tertiary/aromatic N) is 3. The smallest absolute Gasteiger partial charge is 0.248 e. The third-order valence-electron chi connectivity index (χ3n) is 3.65. The number of aryl methyl sites for hydroxylation is 1. The first-order valence-electron chi connectivity index (χ1n) is 8.38. The largest absolute Gasteiger partial charge is 0.494 e. The normalized spacial score (nSPS) is 10.4. The molecule has 0 aliphatic heterocycles. The lowest BCUT2D eigenvalue weighted by Crippen LogP contribution is -2.20. The van der Waals surface area contributed by atoms with E-state index in [4.69, 9.17) is 17.0 Å². The molecule has 0 atom stereocenters. The number of hydrogen-bond donors (Lipinski definition) is 2. The molecule has 0 unspecified atom stereocenters. The Balaban J connectivity index is 1.54. The van der Waals surface area contributed by atoms with Crippen molar-refractivity contribution in [2.75, 3.05) is 17.2 Å². The van der Waals surface area contributed by atoms with E-state index in [1.165, 1.54) is 11.1 Å². The second kappa shape index (κ2) is 8.44. The third kappa shape index (κ3) is 5.03. The summed E-state index contributed by atoms with van der Waals surface area (Å²) in [7, 11) is 0. The first kappa shape index (κ1) is 17.9. The summed E-state index contributed by atoms with van der Waals surface area (Å²) >= 11 is 5.31. The fraction of sp³-hybridized carbons (Fsp3) is 0.211. The highest BCUT2D eigenvalue weighted by Crippen LogP contribution is 2.15. The molecule has 6 nitrogen and oxygen atoms in total. The Bertz CT molecular complexity index is 858. The summed E-state index contributed by atoms with van der Waals surface area (Å²) in [6.45, 7) is 5.33. The van der Waals surface area contributed by atoms with Gasteiger partial charge in [0.25, 0.3) is 0 Å². The lowest BCUT2D eigenvalue weighted by Gasteiger charge is -2.09. The van der Waals surface area contributed by atoms with Crippen LogP contribution in [0.15, 0.2) is 54.9 Å². The van der Waals surface area contributed by atoms with E-state index < -0.39 is 0 Å². The minimum atomic E-state index is 0.433. The van der Waals surface area contributed by atoms with Crippen molar-refractivity contribution < 1.29 is 4.74 Å². The van der Waals surface area contributed by atoms with Gasteiger partial charge in [0.05, 0.1) is 13.2 Å². The van der Waals surface area contributed by atoms with Crippen LogP contribution in [0.5, 0.6) is 5.75 Å².